The number of ether oxygens (including phenoxy) is 1. The van der Waals surface area contributed by atoms with Gasteiger partial charge in [-0.05, 0) is 42.5 Å². The Morgan fingerprint density at radius 3 is 2.65 bits per heavy atom. The van der Waals surface area contributed by atoms with Crippen LogP contribution in [0.1, 0.15) is 10.4 Å². The zero-order chi connectivity index (χ0) is 14.4. The maximum Gasteiger partial charge on any atom is 0.255 e. The van der Waals surface area contributed by atoms with Crippen LogP contribution in [0, 0.1) is 0 Å². The smallest absolute Gasteiger partial charge is 0.255 e. The summed E-state index contributed by atoms with van der Waals surface area (Å²) in [5.41, 5.74) is 1.21. The van der Waals surface area contributed by atoms with Crippen molar-refractivity contribution in [3.05, 3.63) is 71.8 Å². The Bertz CT molecular complexity index is 608. The minimum absolute atomic E-state index is 0.192. The SMILES string of the molecule is C=CCOc1ccc(C(=O)Nc2cccc(Cl)c2)cc1. The Hall–Kier alpha value is -2.26. The zero-order valence-corrected chi connectivity index (χ0v) is 11.6. The standard InChI is InChI=1S/C16H14ClNO2/c1-2-10-20-15-8-6-12(7-9-15)16(19)18-14-5-3-4-13(17)11-14/h2-9,11H,1,10H2,(H,18,19). The predicted octanol–water partition coefficient (Wildman–Crippen LogP) is 4.16. The third-order valence-electron chi connectivity index (χ3n) is 2.57. The van der Waals surface area contributed by atoms with Gasteiger partial charge in [0, 0.05) is 16.3 Å². The number of nitrogens with one attached hydrogen (secondary N) is 1. The van der Waals surface area contributed by atoms with Crippen LogP contribution in [-0.4, -0.2) is 12.5 Å². The van der Waals surface area contributed by atoms with E-state index in [1.165, 1.54) is 0 Å². The van der Waals surface area contributed by atoms with Crippen molar-refractivity contribution in [2.24, 2.45) is 0 Å². The van der Waals surface area contributed by atoms with Gasteiger partial charge in [0.1, 0.15) is 12.4 Å². The number of rotatable bonds is 5. The summed E-state index contributed by atoms with van der Waals surface area (Å²) >= 11 is 5.87. The van der Waals surface area contributed by atoms with Crippen molar-refractivity contribution >= 4 is 23.2 Å². The van der Waals surface area contributed by atoms with Gasteiger partial charge in [-0.2, -0.15) is 0 Å². The third kappa shape index (κ3) is 3.87. The van der Waals surface area contributed by atoms with Gasteiger partial charge in [0.15, 0.2) is 0 Å². The molecule has 0 radical (unpaired) electrons. The molecule has 2 rings (SSSR count). The lowest BCUT2D eigenvalue weighted by atomic mass is 10.2. The molecule has 0 spiro atoms. The van der Waals surface area contributed by atoms with Gasteiger partial charge in [-0.1, -0.05) is 30.3 Å². The van der Waals surface area contributed by atoms with Crippen LogP contribution in [0.2, 0.25) is 5.02 Å². The van der Waals surface area contributed by atoms with Crippen molar-refractivity contribution in [3.8, 4) is 5.75 Å². The number of hydrogen-bond donors (Lipinski definition) is 1. The highest BCUT2D eigenvalue weighted by molar-refractivity contribution is 6.30. The molecule has 1 amide bonds. The number of anilines is 1. The quantitative estimate of drug-likeness (QED) is 0.839. The van der Waals surface area contributed by atoms with Gasteiger partial charge in [-0.15, -0.1) is 0 Å². The molecule has 0 atom stereocenters. The topological polar surface area (TPSA) is 38.3 Å². The molecule has 0 fully saturated rings. The monoisotopic (exact) mass is 287 g/mol. The number of carbonyl (C=O) groups is 1. The van der Waals surface area contributed by atoms with E-state index in [0.717, 1.165) is 0 Å². The Kier molecular flexibility index (Phi) is 4.80. The molecule has 2 aromatic rings. The Balaban J connectivity index is 2.03. The van der Waals surface area contributed by atoms with Gasteiger partial charge in [-0.3, -0.25) is 4.79 Å². The fourth-order valence-corrected chi connectivity index (χ4v) is 1.82. The maximum absolute atomic E-state index is 12.0. The summed E-state index contributed by atoms with van der Waals surface area (Å²) in [4.78, 5) is 12.0. The summed E-state index contributed by atoms with van der Waals surface area (Å²) in [6.07, 6.45) is 1.67. The molecule has 0 aliphatic carbocycles. The van der Waals surface area contributed by atoms with E-state index in [9.17, 15) is 4.79 Å². The van der Waals surface area contributed by atoms with E-state index in [1.807, 2.05) is 0 Å². The lowest BCUT2D eigenvalue weighted by Gasteiger charge is -2.07. The predicted molar refractivity (Wildman–Crippen MR) is 81.5 cm³/mol. The number of amides is 1. The molecule has 3 nitrogen and oxygen atoms in total. The van der Waals surface area contributed by atoms with Gasteiger partial charge in [-0.25, -0.2) is 0 Å². The highest BCUT2D eigenvalue weighted by Crippen LogP contribution is 2.17. The van der Waals surface area contributed by atoms with Crippen LogP contribution in [-0.2, 0) is 0 Å². The Labute approximate surface area is 122 Å². The van der Waals surface area contributed by atoms with Crippen molar-refractivity contribution in [1.29, 1.82) is 0 Å². The summed E-state index contributed by atoms with van der Waals surface area (Å²) in [5.74, 6) is 0.506. The van der Waals surface area contributed by atoms with Crippen molar-refractivity contribution in [1.82, 2.24) is 0 Å². The van der Waals surface area contributed by atoms with Crippen LogP contribution in [0.3, 0.4) is 0 Å². The molecule has 0 aliphatic rings. The van der Waals surface area contributed by atoms with E-state index in [-0.39, 0.29) is 5.91 Å². The summed E-state index contributed by atoms with van der Waals surface area (Å²) in [7, 11) is 0. The Morgan fingerprint density at radius 1 is 1.25 bits per heavy atom. The van der Waals surface area contributed by atoms with Crippen molar-refractivity contribution in [2.45, 2.75) is 0 Å². The van der Waals surface area contributed by atoms with E-state index in [4.69, 9.17) is 16.3 Å². The number of benzene rings is 2. The summed E-state index contributed by atoms with van der Waals surface area (Å²) in [6, 6.07) is 13.9. The number of carbonyl (C=O) groups excluding carboxylic acids is 1. The number of hydrogen-bond acceptors (Lipinski definition) is 2. The second-order valence-corrected chi connectivity index (χ2v) is 4.52. The molecule has 102 valence electrons. The lowest BCUT2D eigenvalue weighted by Crippen LogP contribution is -2.11. The fraction of sp³-hybridized carbons (Fsp3) is 0.0625. The first-order valence-electron chi connectivity index (χ1n) is 6.10. The van der Waals surface area contributed by atoms with E-state index in [1.54, 1.807) is 54.6 Å². The van der Waals surface area contributed by atoms with Gasteiger partial charge >= 0.3 is 0 Å². The first kappa shape index (κ1) is 14.2. The average Bonchev–Trinajstić information content (AvgIpc) is 2.45. The minimum Gasteiger partial charge on any atom is -0.490 e. The molecule has 0 saturated heterocycles. The second-order valence-electron chi connectivity index (χ2n) is 4.09. The molecule has 0 aromatic heterocycles. The molecule has 0 heterocycles. The van der Waals surface area contributed by atoms with E-state index in [0.29, 0.717) is 28.6 Å². The summed E-state index contributed by atoms with van der Waals surface area (Å²) in [6.45, 7) is 4.01. The summed E-state index contributed by atoms with van der Waals surface area (Å²) < 4.78 is 5.36. The molecule has 4 heteroatoms. The van der Waals surface area contributed by atoms with E-state index >= 15 is 0 Å². The molecule has 2 aromatic carbocycles. The second kappa shape index (κ2) is 6.78. The number of halogens is 1. The zero-order valence-electron chi connectivity index (χ0n) is 10.8. The van der Waals surface area contributed by atoms with Crippen LogP contribution in [0.5, 0.6) is 5.75 Å². The molecular weight excluding hydrogens is 274 g/mol. The van der Waals surface area contributed by atoms with Crippen LogP contribution in [0.25, 0.3) is 0 Å². The van der Waals surface area contributed by atoms with Crippen LogP contribution in [0.15, 0.2) is 61.2 Å². The lowest BCUT2D eigenvalue weighted by molar-refractivity contribution is 0.102. The highest BCUT2D eigenvalue weighted by Gasteiger charge is 2.06. The molecule has 0 aliphatic heterocycles. The van der Waals surface area contributed by atoms with Crippen LogP contribution < -0.4 is 10.1 Å². The molecular formula is C16H14ClNO2. The maximum atomic E-state index is 12.0. The van der Waals surface area contributed by atoms with Gasteiger partial charge in [0.25, 0.3) is 5.91 Å². The van der Waals surface area contributed by atoms with Gasteiger partial charge in [0.2, 0.25) is 0 Å². The van der Waals surface area contributed by atoms with Gasteiger partial charge in [0.05, 0.1) is 0 Å². The normalized spacial score (nSPS) is 9.85. The highest BCUT2D eigenvalue weighted by atomic mass is 35.5. The largest absolute Gasteiger partial charge is 0.490 e. The van der Waals surface area contributed by atoms with Crippen LogP contribution in [0.4, 0.5) is 5.69 Å². The molecule has 0 saturated carbocycles. The molecule has 20 heavy (non-hydrogen) atoms. The van der Waals surface area contributed by atoms with Crippen molar-refractivity contribution in [2.75, 3.05) is 11.9 Å². The van der Waals surface area contributed by atoms with Crippen molar-refractivity contribution in [3.63, 3.8) is 0 Å². The first-order valence-corrected chi connectivity index (χ1v) is 6.47. The fourth-order valence-electron chi connectivity index (χ4n) is 1.63. The Morgan fingerprint density at radius 2 is 2.00 bits per heavy atom. The summed E-state index contributed by atoms with van der Waals surface area (Å²) in [5, 5.41) is 3.36. The molecule has 0 unspecified atom stereocenters. The molecule has 1 N–H and O–H groups in total. The van der Waals surface area contributed by atoms with Gasteiger partial charge < -0.3 is 10.1 Å². The minimum atomic E-state index is -0.192. The van der Waals surface area contributed by atoms with E-state index in [2.05, 4.69) is 11.9 Å². The molecule has 0 bridgehead atoms. The van der Waals surface area contributed by atoms with Crippen LogP contribution >= 0.6 is 11.6 Å². The average molecular weight is 288 g/mol. The van der Waals surface area contributed by atoms with Crippen molar-refractivity contribution < 1.29 is 9.53 Å². The first-order chi connectivity index (χ1) is 9.69. The van der Waals surface area contributed by atoms with E-state index < -0.39 is 0 Å². The third-order valence-corrected chi connectivity index (χ3v) is 2.80.